The maximum absolute atomic E-state index is 13.8. The minimum Gasteiger partial charge on any atom is -0.508 e. The first-order valence-electron chi connectivity index (χ1n) is 11.8. The Labute approximate surface area is 197 Å². The zero-order valence-electron chi connectivity index (χ0n) is 19.4. The van der Waals surface area contributed by atoms with E-state index in [2.05, 4.69) is 9.88 Å². The van der Waals surface area contributed by atoms with Gasteiger partial charge in [0.15, 0.2) is 0 Å². The second-order valence-electron chi connectivity index (χ2n) is 9.68. The van der Waals surface area contributed by atoms with Crippen LogP contribution in [-0.4, -0.2) is 75.6 Å². The van der Waals surface area contributed by atoms with Gasteiger partial charge >= 0.3 is 6.03 Å². The van der Waals surface area contributed by atoms with Crippen LogP contribution in [0.3, 0.4) is 0 Å². The quantitative estimate of drug-likeness (QED) is 0.571. The Bertz CT molecular complexity index is 1310. The number of ether oxygens (including phenoxy) is 1. The molecule has 34 heavy (non-hydrogen) atoms. The van der Waals surface area contributed by atoms with Crippen molar-refractivity contribution in [2.24, 2.45) is 0 Å². The molecule has 4 heterocycles. The molecule has 8 heteroatoms. The number of amides is 3. The molecule has 0 saturated carbocycles. The Morgan fingerprint density at radius 2 is 1.97 bits per heavy atom. The number of aromatic hydroxyl groups is 1. The predicted molar refractivity (Wildman–Crippen MR) is 127 cm³/mol. The maximum atomic E-state index is 13.8. The minimum absolute atomic E-state index is 0.122. The van der Waals surface area contributed by atoms with Crippen LogP contribution in [0, 0.1) is 0 Å². The SMILES string of the molecule is COc1ccc2[nH]c3c(c2c1)C[C@@]1(C)C(=O)N(CCN2CCC2)C(=O)N1[C@@H]3c1cccc(O)c1. The molecule has 2 N–H and O–H groups in total. The number of aromatic amines is 1. The number of nitrogens with zero attached hydrogens (tertiary/aromatic N) is 3. The lowest BCUT2D eigenvalue weighted by atomic mass is 9.81. The molecule has 0 aliphatic carbocycles. The van der Waals surface area contributed by atoms with Gasteiger partial charge in [0, 0.05) is 36.1 Å². The van der Waals surface area contributed by atoms with Crippen molar-refractivity contribution in [3.8, 4) is 11.5 Å². The fourth-order valence-electron chi connectivity index (χ4n) is 5.70. The summed E-state index contributed by atoms with van der Waals surface area (Å²) in [5, 5.41) is 11.2. The first-order chi connectivity index (χ1) is 16.4. The van der Waals surface area contributed by atoms with Gasteiger partial charge in [0.25, 0.3) is 5.91 Å². The number of aromatic nitrogens is 1. The number of phenols is 1. The molecule has 6 rings (SSSR count). The van der Waals surface area contributed by atoms with Crippen molar-refractivity contribution < 1.29 is 19.4 Å². The van der Waals surface area contributed by atoms with Crippen molar-refractivity contribution >= 4 is 22.8 Å². The van der Waals surface area contributed by atoms with Crippen LogP contribution in [0.25, 0.3) is 10.9 Å². The van der Waals surface area contributed by atoms with Crippen molar-refractivity contribution in [2.45, 2.75) is 31.3 Å². The molecule has 0 spiro atoms. The zero-order valence-corrected chi connectivity index (χ0v) is 19.4. The van der Waals surface area contributed by atoms with Crippen molar-refractivity contribution in [2.75, 3.05) is 33.3 Å². The third kappa shape index (κ3) is 2.94. The summed E-state index contributed by atoms with van der Waals surface area (Å²) in [4.78, 5) is 36.5. The van der Waals surface area contributed by atoms with Gasteiger partial charge in [-0.2, -0.15) is 0 Å². The van der Waals surface area contributed by atoms with Crippen molar-refractivity contribution in [1.29, 1.82) is 0 Å². The molecule has 0 bridgehead atoms. The van der Waals surface area contributed by atoms with E-state index in [9.17, 15) is 14.7 Å². The average molecular weight is 461 g/mol. The van der Waals surface area contributed by atoms with Gasteiger partial charge < -0.3 is 19.7 Å². The first-order valence-corrected chi connectivity index (χ1v) is 11.8. The molecular formula is C26H28N4O4. The monoisotopic (exact) mass is 460 g/mol. The van der Waals surface area contributed by atoms with Gasteiger partial charge in [0.1, 0.15) is 23.1 Å². The third-order valence-electron chi connectivity index (χ3n) is 7.65. The van der Waals surface area contributed by atoms with Crippen molar-refractivity contribution in [3.05, 3.63) is 59.3 Å². The van der Waals surface area contributed by atoms with Gasteiger partial charge in [-0.1, -0.05) is 12.1 Å². The summed E-state index contributed by atoms with van der Waals surface area (Å²) >= 11 is 0. The number of phenolic OH excluding ortho intramolecular Hbond substituents is 1. The summed E-state index contributed by atoms with van der Waals surface area (Å²) in [5.74, 6) is 0.698. The number of methoxy groups -OCH3 is 1. The largest absolute Gasteiger partial charge is 0.508 e. The third-order valence-corrected chi connectivity index (χ3v) is 7.65. The standard InChI is InChI=1S/C26H28N4O4/c1-26-15-20-19-14-18(34-2)7-8-21(19)27-22(20)23(16-5-3-6-17(31)13-16)30(26)25(33)29(24(26)32)12-11-28-9-4-10-28/h3,5-8,13-14,23,27,31H,4,9-12,15H2,1-2H3/t23-,26+/m1/s1. The molecule has 8 nitrogen and oxygen atoms in total. The molecule has 3 aliphatic heterocycles. The highest BCUT2D eigenvalue weighted by molar-refractivity contribution is 6.08. The van der Waals surface area contributed by atoms with Crippen LogP contribution < -0.4 is 4.74 Å². The van der Waals surface area contributed by atoms with Gasteiger partial charge in [-0.05, 0) is 67.9 Å². The van der Waals surface area contributed by atoms with Gasteiger partial charge in [0.05, 0.1) is 7.11 Å². The summed E-state index contributed by atoms with van der Waals surface area (Å²) in [7, 11) is 1.63. The second-order valence-corrected chi connectivity index (χ2v) is 9.68. The number of carbonyl (C=O) groups is 2. The highest BCUT2D eigenvalue weighted by Gasteiger charge is 2.60. The molecule has 3 amide bonds. The van der Waals surface area contributed by atoms with E-state index in [1.54, 1.807) is 30.2 Å². The van der Waals surface area contributed by atoms with Crippen LogP contribution in [0.15, 0.2) is 42.5 Å². The Hall–Kier alpha value is -3.52. The lowest BCUT2D eigenvalue weighted by Crippen LogP contribution is -2.53. The number of imide groups is 1. The van der Waals surface area contributed by atoms with Gasteiger partial charge in [0.2, 0.25) is 0 Å². The summed E-state index contributed by atoms with van der Waals surface area (Å²) in [5.41, 5.74) is 2.54. The van der Waals surface area contributed by atoms with Crippen molar-refractivity contribution in [1.82, 2.24) is 19.7 Å². The molecule has 0 radical (unpaired) electrons. The topological polar surface area (TPSA) is 89.1 Å². The number of benzene rings is 2. The summed E-state index contributed by atoms with van der Waals surface area (Å²) in [6.45, 7) is 4.99. The molecule has 176 valence electrons. The van der Waals surface area contributed by atoms with E-state index < -0.39 is 11.6 Å². The van der Waals surface area contributed by atoms with Crippen LogP contribution in [0.1, 0.15) is 36.2 Å². The molecular weight excluding hydrogens is 432 g/mol. The number of urea groups is 1. The van der Waals surface area contributed by atoms with Gasteiger partial charge in [-0.3, -0.25) is 14.6 Å². The lowest BCUT2D eigenvalue weighted by Gasteiger charge is -2.42. The second kappa shape index (κ2) is 7.50. The van der Waals surface area contributed by atoms with Crippen LogP contribution in [0.2, 0.25) is 0 Å². The molecule has 2 saturated heterocycles. The smallest absolute Gasteiger partial charge is 0.328 e. The highest BCUT2D eigenvalue weighted by Crippen LogP contribution is 2.49. The van der Waals surface area contributed by atoms with Gasteiger partial charge in [-0.15, -0.1) is 0 Å². The van der Waals surface area contributed by atoms with E-state index in [1.807, 2.05) is 31.2 Å². The van der Waals surface area contributed by atoms with Crippen LogP contribution in [-0.2, 0) is 11.2 Å². The fraction of sp³-hybridized carbons (Fsp3) is 0.385. The first kappa shape index (κ1) is 21.0. The molecule has 2 aromatic carbocycles. The molecule has 2 atom stereocenters. The summed E-state index contributed by atoms with van der Waals surface area (Å²) in [6, 6.07) is 12.0. The average Bonchev–Trinajstić information content (AvgIpc) is 3.23. The lowest BCUT2D eigenvalue weighted by molar-refractivity contribution is -0.133. The number of carbonyl (C=O) groups excluding carboxylic acids is 2. The highest BCUT2D eigenvalue weighted by atomic mass is 16.5. The van der Waals surface area contributed by atoms with E-state index in [0.717, 1.165) is 53.0 Å². The Morgan fingerprint density at radius 1 is 1.15 bits per heavy atom. The molecule has 0 unspecified atom stereocenters. The van der Waals surface area contributed by atoms with E-state index in [0.29, 0.717) is 19.5 Å². The number of nitrogens with one attached hydrogen (secondary N) is 1. The normalized spacial score (nSPS) is 24.4. The Kier molecular flexibility index (Phi) is 4.64. The van der Waals surface area contributed by atoms with E-state index in [-0.39, 0.29) is 17.7 Å². The summed E-state index contributed by atoms with van der Waals surface area (Å²) < 4.78 is 5.46. The molecule has 1 aromatic heterocycles. The van der Waals surface area contributed by atoms with E-state index in [4.69, 9.17) is 4.74 Å². The van der Waals surface area contributed by atoms with Crippen LogP contribution in [0.4, 0.5) is 4.79 Å². The zero-order chi connectivity index (χ0) is 23.6. The molecule has 2 fully saturated rings. The Morgan fingerprint density at radius 3 is 2.68 bits per heavy atom. The fourth-order valence-corrected chi connectivity index (χ4v) is 5.70. The van der Waals surface area contributed by atoms with Crippen LogP contribution in [0.5, 0.6) is 11.5 Å². The van der Waals surface area contributed by atoms with Gasteiger partial charge in [-0.25, -0.2) is 4.79 Å². The van der Waals surface area contributed by atoms with E-state index in [1.165, 1.54) is 4.90 Å². The number of likely N-dealkylation sites (tertiary alicyclic amines) is 1. The number of H-pyrrole nitrogens is 1. The Balaban J connectivity index is 1.50. The number of hydrogen-bond acceptors (Lipinski definition) is 5. The number of hydrogen-bond donors (Lipinski definition) is 2. The minimum atomic E-state index is -1.02. The maximum Gasteiger partial charge on any atom is 0.328 e. The number of rotatable bonds is 5. The molecule has 3 aliphatic rings. The molecule has 3 aromatic rings. The van der Waals surface area contributed by atoms with E-state index >= 15 is 0 Å². The van der Waals surface area contributed by atoms with Crippen molar-refractivity contribution in [3.63, 3.8) is 0 Å². The predicted octanol–water partition coefficient (Wildman–Crippen LogP) is 3.26. The van der Waals surface area contributed by atoms with Crippen LogP contribution >= 0.6 is 0 Å². The number of fused-ring (bicyclic) bond motifs is 4. The summed E-state index contributed by atoms with van der Waals surface area (Å²) in [6.07, 6.45) is 1.58.